The lowest BCUT2D eigenvalue weighted by Gasteiger charge is -2.26. The van der Waals surface area contributed by atoms with Gasteiger partial charge in [0.25, 0.3) is 0 Å². The van der Waals surface area contributed by atoms with Crippen molar-refractivity contribution in [2.45, 2.75) is 19.4 Å². The van der Waals surface area contributed by atoms with E-state index in [0.717, 1.165) is 26.4 Å². The van der Waals surface area contributed by atoms with E-state index in [2.05, 4.69) is 14.8 Å². The predicted molar refractivity (Wildman–Crippen MR) is 86.3 cm³/mol. The molecule has 2 N–H and O–H groups in total. The van der Waals surface area contributed by atoms with Gasteiger partial charge in [-0.3, -0.25) is 14.4 Å². The molecule has 148 valence electrons. The number of halogens is 2. The van der Waals surface area contributed by atoms with E-state index in [-0.39, 0.29) is 5.56 Å². The fourth-order valence-corrected chi connectivity index (χ4v) is 2.45. The number of carboxylic acids is 1. The molecule has 27 heavy (non-hydrogen) atoms. The van der Waals surface area contributed by atoms with Crippen LogP contribution >= 0.6 is 0 Å². The summed E-state index contributed by atoms with van der Waals surface area (Å²) in [5, 5.41) is 11.5. The summed E-state index contributed by atoms with van der Waals surface area (Å²) >= 11 is 0. The molecular formula is C17H19F2NO7. The van der Waals surface area contributed by atoms with Crippen LogP contribution in [0.2, 0.25) is 0 Å². The molecule has 2 atom stereocenters. The quantitative estimate of drug-likeness (QED) is 0.497. The Balaban J connectivity index is 2.99. The normalized spacial score (nSPS) is 12.8. The first-order valence-electron chi connectivity index (χ1n) is 7.74. The number of nitrogens with one attached hydrogen (secondary N) is 1. The lowest BCUT2D eigenvalue weighted by molar-refractivity contribution is -0.163. The molecule has 1 aromatic carbocycles. The maximum absolute atomic E-state index is 13.6. The number of hydrogen-bond acceptors (Lipinski definition) is 6. The minimum Gasteiger partial charge on any atom is -0.480 e. The topological polar surface area (TPSA) is 119 Å². The van der Waals surface area contributed by atoms with Gasteiger partial charge in [-0.1, -0.05) is 13.0 Å². The molecule has 8 nitrogen and oxygen atoms in total. The molecule has 1 aromatic rings. The Morgan fingerprint density at radius 2 is 1.67 bits per heavy atom. The molecule has 0 heterocycles. The average Bonchev–Trinajstić information content (AvgIpc) is 2.61. The van der Waals surface area contributed by atoms with E-state index in [1.54, 1.807) is 0 Å². The molecule has 0 fully saturated rings. The van der Waals surface area contributed by atoms with Crippen LogP contribution in [-0.2, 0) is 35.1 Å². The van der Waals surface area contributed by atoms with Gasteiger partial charge in [-0.15, -0.1) is 0 Å². The first-order chi connectivity index (χ1) is 12.6. The second kappa shape index (κ2) is 9.60. The van der Waals surface area contributed by atoms with Gasteiger partial charge < -0.3 is 19.9 Å². The molecule has 0 bridgehead atoms. The summed E-state index contributed by atoms with van der Waals surface area (Å²) in [6.45, 7) is 1.25. The van der Waals surface area contributed by atoms with Crippen LogP contribution < -0.4 is 5.32 Å². The third-order valence-corrected chi connectivity index (χ3v) is 3.91. The first kappa shape index (κ1) is 22.0. The summed E-state index contributed by atoms with van der Waals surface area (Å²) in [6, 6.07) is 0.928. The van der Waals surface area contributed by atoms with Crippen LogP contribution in [0.3, 0.4) is 0 Å². The number of carbonyl (C=O) groups is 4. The Bertz CT molecular complexity index is 722. The minimum atomic E-state index is -1.66. The molecule has 0 unspecified atom stereocenters. The maximum atomic E-state index is 13.6. The van der Waals surface area contributed by atoms with Crippen molar-refractivity contribution in [3.8, 4) is 0 Å². The number of carbonyl (C=O) groups excluding carboxylic acids is 3. The molecule has 0 spiro atoms. The Labute approximate surface area is 153 Å². The van der Waals surface area contributed by atoms with Gasteiger partial charge in [-0.25, -0.2) is 13.6 Å². The van der Waals surface area contributed by atoms with E-state index in [1.807, 2.05) is 0 Å². The van der Waals surface area contributed by atoms with Gasteiger partial charge in [0.1, 0.15) is 17.7 Å². The average molecular weight is 387 g/mol. The van der Waals surface area contributed by atoms with E-state index in [1.165, 1.54) is 6.92 Å². The van der Waals surface area contributed by atoms with E-state index in [9.17, 15) is 33.1 Å². The van der Waals surface area contributed by atoms with Crippen molar-refractivity contribution >= 4 is 23.8 Å². The lowest BCUT2D eigenvalue weighted by atomic mass is 9.87. The second-order valence-corrected chi connectivity index (χ2v) is 5.68. The summed E-state index contributed by atoms with van der Waals surface area (Å²) < 4.78 is 35.5. The van der Waals surface area contributed by atoms with Crippen molar-refractivity contribution in [3.05, 3.63) is 35.4 Å². The van der Waals surface area contributed by atoms with Gasteiger partial charge in [0.05, 0.1) is 20.6 Å². The molecular weight excluding hydrogens is 368 g/mol. The number of esters is 2. The zero-order chi connectivity index (χ0) is 20.7. The second-order valence-electron chi connectivity index (χ2n) is 5.68. The Kier molecular flexibility index (Phi) is 7.82. The van der Waals surface area contributed by atoms with Gasteiger partial charge in [-0.05, 0) is 11.6 Å². The summed E-state index contributed by atoms with van der Waals surface area (Å²) in [5.41, 5.74) is -0.150. The number of rotatable bonds is 8. The van der Waals surface area contributed by atoms with Crippen LogP contribution in [0.25, 0.3) is 0 Å². The summed E-state index contributed by atoms with van der Waals surface area (Å²) in [6.07, 6.45) is -0.566. The minimum absolute atomic E-state index is 0.150. The number of methoxy groups -OCH3 is 2. The highest BCUT2D eigenvalue weighted by Gasteiger charge is 2.42. The van der Waals surface area contributed by atoms with Crippen molar-refractivity contribution in [2.75, 3.05) is 14.2 Å². The maximum Gasteiger partial charge on any atom is 0.326 e. The van der Waals surface area contributed by atoms with Crippen molar-refractivity contribution in [3.63, 3.8) is 0 Å². The molecule has 1 rings (SSSR count). The molecule has 0 aliphatic heterocycles. The molecule has 0 saturated carbocycles. The number of carboxylic acid groups (broad SMARTS) is 1. The highest BCUT2D eigenvalue weighted by Crippen LogP contribution is 2.20. The van der Waals surface area contributed by atoms with Gasteiger partial charge >= 0.3 is 17.9 Å². The van der Waals surface area contributed by atoms with Gasteiger partial charge in [-0.2, -0.15) is 0 Å². The Morgan fingerprint density at radius 1 is 1.11 bits per heavy atom. The van der Waals surface area contributed by atoms with E-state index in [0.29, 0.717) is 6.07 Å². The van der Waals surface area contributed by atoms with Crippen molar-refractivity contribution in [1.29, 1.82) is 0 Å². The predicted octanol–water partition coefficient (Wildman–Crippen LogP) is 0.675. The smallest absolute Gasteiger partial charge is 0.326 e. The van der Waals surface area contributed by atoms with Crippen LogP contribution in [0.5, 0.6) is 0 Å². The summed E-state index contributed by atoms with van der Waals surface area (Å²) in [5.74, 6) is -9.09. The number of benzene rings is 1. The zero-order valence-electron chi connectivity index (χ0n) is 14.8. The zero-order valence-corrected chi connectivity index (χ0v) is 14.8. The number of ether oxygens (including phenoxy) is 2. The largest absolute Gasteiger partial charge is 0.480 e. The van der Waals surface area contributed by atoms with Crippen LogP contribution in [-0.4, -0.2) is 49.2 Å². The van der Waals surface area contributed by atoms with Crippen LogP contribution in [0, 0.1) is 23.5 Å². The van der Waals surface area contributed by atoms with Gasteiger partial charge in [0.2, 0.25) is 5.91 Å². The van der Waals surface area contributed by atoms with Crippen LogP contribution in [0.15, 0.2) is 18.2 Å². The molecule has 0 aliphatic carbocycles. The molecule has 0 radical (unpaired) electrons. The standard InChI is InChI=1S/C17H19F2NO7/c1-8(13(16(24)26-2)17(25)27-3)14(15(22)23)20-12(21)6-9-4-5-10(18)7-11(9)19/h4-5,7-8,13-14H,6H2,1-3H3,(H,20,21)(H,22,23)/t8-,14-/m1/s1. The molecule has 0 aromatic heterocycles. The van der Waals surface area contributed by atoms with Crippen molar-refractivity contribution in [2.24, 2.45) is 11.8 Å². The Hall–Kier alpha value is -3.04. The summed E-state index contributed by atoms with van der Waals surface area (Å²) in [7, 11) is 2.02. The molecule has 0 saturated heterocycles. The SMILES string of the molecule is COC(=O)C(C(=O)OC)[C@@H](C)[C@@H](NC(=O)Cc1ccc(F)cc1F)C(=O)O. The Morgan fingerprint density at radius 3 is 2.11 bits per heavy atom. The van der Waals surface area contributed by atoms with Gasteiger partial charge in [0.15, 0.2) is 5.92 Å². The highest BCUT2D eigenvalue weighted by molar-refractivity contribution is 5.96. The third-order valence-electron chi connectivity index (χ3n) is 3.91. The van der Waals surface area contributed by atoms with Crippen LogP contribution in [0.4, 0.5) is 8.78 Å². The highest BCUT2D eigenvalue weighted by atomic mass is 19.1. The van der Waals surface area contributed by atoms with E-state index >= 15 is 0 Å². The number of amides is 1. The fraction of sp³-hybridized carbons (Fsp3) is 0.412. The number of aliphatic carboxylic acids is 1. The molecule has 10 heteroatoms. The fourth-order valence-electron chi connectivity index (χ4n) is 2.45. The van der Waals surface area contributed by atoms with Gasteiger partial charge in [0, 0.05) is 12.0 Å². The van der Waals surface area contributed by atoms with E-state index < -0.39 is 59.7 Å². The monoisotopic (exact) mass is 387 g/mol. The van der Waals surface area contributed by atoms with Crippen molar-refractivity contribution in [1.82, 2.24) is 5.32 Å². The van der Waals surface area contributed by atoms with E-state index in [4.69, 9.17) is 0 Å². The first-order valence-corrected chi connectivity index (χ1v) is 7.74. The molecule has 1 amide bonds. The lowest BCUT2D eigenvalue weighted by Crippen LogP contribution is -2.50. The molecule has 0 aliphatic rings. The third kappa shape index (κ3) is 5.73. The summed E-state index contributed by atoms with van der Waals surface area (Å²) in [4.78, 5) is 47.3. The number of hydrogen-bond donors (Lipinski definition) is 2. The van der Waals surface area contributed by atoms with Crippen LogP contribution in [0.1, 0.15) is 12.5 Å². The van der Waals surface area contributed by atoms with Crippen molar-refractivity contribution < 1.29 is 42.5 Å².